The first kappa shape index (κ1) is 16.9. The second-order valence-electron chi connectivity index (χ2n) is 4.07. The van der Waals surface area contributed by atoms with Crippen molar-refractivity contribution in [2.24, 2.45) is 5.14 Å². The predicted molar refractivity (Wildman–Crippen MR) is 76.0 cm³/mol. The van der Waals surface area contributed by atoms with E-state index in [2.05, 4.69) is 5.32 Å². The molecule has 1 atom stereocenters. The van der Waals surface area contributed by atoms with E-state index < -0.39 is 19.9 Å². The van der Waals surface area contributed by atoms with Gasteiger partial charge >= 0.3 is 0 Å². The van der Waals surface area contributed by atoms with Crippen LogP contribution in [0, 0.1) is 0 Å². The van der Waals surface area contributed by atoms with Gasteiger partial charge in [-0.1, -0.05) is 6.92 Å². The van der Waals surface area contributed by atoms with Gasteiger partial charge in [-0.3, -0.25) is 0 Å². The minimum absolute atomic E-state index is 0. The largest absolute Gasteiger partial charge is 0.310 e. The Hall–Kier alpha value is -0.190. The highest BCUT2D eigenvalue weighted by Gasteiger charge is 2.34. The summed E-state index contributed by atoms with van der Waals surface area (Å²) in [6.45, 7) is 2.60. The minimum atomic E-state index is -3.86. The summed E-state index contributed by atoms with van der Waals surface area (Å²) in [5.74, 6) is 0.0300. The highest BCUT2D eigenvalue weighted by Crippen LogP contribution is 2.39. The van der Waals surface area contributed by atoms with Gasteiger partial charge in [0.1, 0.15) is 8.42 Å². The maximum absolute atomic E-state index is 11.9. The van der Waals surface area contributed by atoms with Gasteiger partial charge in [-0.15, -0.1) is 23.7 Å². The molecule has 10 heteroatoms. The van der Waals surface area contributed by atoms with E-state index in [1.54, 1.807) is 0 Å². The Morgan fingerprint density at radius 3 is 2.68 bits per heavy atom. The zero-order valence-corrected chi connectivity index (χ0v) is 13.4. The number of nitrogens with one attached hydrogen (secondary N) is 1. The third kappa shape index (κ3) is 3.29. The molecule has 3 N–H and O–H groups in total. The van der Waals surface area contributed by atoms with Crippen LogP contribution in [0.25, 0.3) is 0 Å². The van der Waals surface area contributed by atoms with Gasteiger partial charge in [0.2, 0.25) is 10.0 Å². The van der Waals surface area contributed by atoms with Crippen molar-refractivity contribution in [2.75, 3.05) is 12.3 Å². The van der Waals surface area contributed by atoms with Crippen molar-refractivity contribution < 1.29 is 16.8 Å². The number of primary sulfonamides is 1. The Bertz CT molecular complexity index is 666. The van der Waals surface area contributed by atoms with Crippen LogP contribution in [0.5, 0.6) is 0 Å². The summed E-state index contributed by atoms with van der Waals surface area (Å²) in [5.41, 5.74) is 0.525. The van der Waals surface area contributed by atoms with Crippen molar-refractivity contribution in [2.45, 2.75) is 27.8 Å². The number of fused-ring (bicyclic) bond motifs is 1. The lowest BCUT2D eigenvalue weighted by Crippen LogP contribution is -2.28. The number of thiophene rings is 1. The van der Waals surface area contributed by atoms with Crippen LogP contribution in [0.4, 0.5) is 0 Å². The molecule has 0 saturated carbocycles. The lowest BCUT2D eigenvalue weighted by Gasteiger charge is -2.22. The molecule has 2 heterocycles. The molecular formula is C9H15ClN2O4S3. The number of hydrogen-bond donors (Lipinski definition) is 2. The third-order valence-corrected chi connectivity index (χ3v) is 7.72. The molecule has 2 rings (SSSR count). The van der Waals surface area contributed by atoms with Crippen LogP contribution >= 0.6 is 23.7 Å². The molecule has 0 spiro atoms. The van der Waals surface area contributed by atoms with Crippen molar-refractivity contribution in [1.82, 2.24) is 5.32 Å². The molecule has 0 bridgehead atoms. The van der Waals surface area contributed by atoms with Crippen molar-refractivity contribution in [3.05, 3.63) is 11.6 Å². The third-order valence-electron chi connectivity index (χ3n) is 2.77. The molecule has 0 aromatic carbocycles. The van der Waals surface area contributed by atoms with E-state index >= 15 is 0 Å². The van der Waals surface area contributed by atoms with Crippen LogP contribution in [-0.4, -0.2) is 29.1 Å². The average Bonchev–Trinajstić information content (AvgIpc) is 2.68. The van der Waals surface area contributed by atoms with Crippen molar-refractivity contribution in [3.8, 4) is 0 Å². The Morgan fingerprint density at radius 2 is 2.16 bits per heavy atom. The molecule has 0 amide bonds. The molecule has 1 aromatic rings. The normalized spacial score (nSPS) is 21.5. The Balaban J connectivity index is 0.00000180. The average molecular weight is 347 g/mol. The van der Waals surface area contributed by atoms with Gasteiger partial charge in [-0.25, -0.2) is 22.0 Å². The fraction of sp³-hybridized carbons (Fsp3) is 0.556. The van der Waals surface area contributed by atoms with E-state index in [9.17, 15) is 16.8 Å². The van der Waals surface area contributed by atoms with Crippen LogP contribution < -0.4 is 10.5 Å². The number of rotatable bonds is 3. The van der Waals surface area contributed by atoms with Crippen molar-refractivity contribution in [3.63, 3.8) is 0 Å². The monoisotopic (exact) mass is 346 g/mol. The highest BCUT2D eigenvalue weighted by molar-refractivity contribution is 7.95. The van der Waals surface area contributed by atoms with Gasteiger partial charge in [0.15, 0.2) is 9.84 Å². The SMILES string of the molecule is CCNC1CCS(=O)(=O)c2sc(S(N)(=O)=O)cc21.Cl. The lowest BCUT2D eigenvalue weighted by atomic mass is 10.1. The van der Waals surface area contributed by atoms with Gasteiger partial charge in [-0.05, 0) is 19.0 Å². The molecule has 1 aliphatic rings. The molecule has 0 fully saturated rings. The van der Waals surface area contributed by atoms with Crippen LogP contribution in [-0.2, 0) is 19.9 Å². The van der Waals surface area contributed by atoms with Crippen LogP contribution in [0.1, 0.15) is 24.9 Å². The Labute approximate surface area is 122 Å². The minimum Gasteiger partial charge on any atom is -0.310 e. The molecule has 1 aliphatic heterocycles. The van der Waals surface area contributed by atoms with E-state index in [4.69, 9.17) is 5.14 Å². The molecule has 1 aromatic heterocycles. The maximum Gasteiger partial charge on any atom is 0.247 e. The molecule has 6 nitrogen and oxygen atoms in total. The van der Waals surface area contributed by atoms with Gasteiger partial charge in [-0.2, -0.15) is 0 Å². The topological polar surface area (TPSA) is 106 Å². The maximum atomic E-state index is 11.9. The molecule has 0 radical (unpaired) electrons. The number of sulfonamides is 1. The second kappa shape index (κ2) is 5.66. The lowest BCUT2D eigenvalue weighted by molar-refractivity contribution is 0.509. The van der Waals surface area contributed by atoms with Crippen LogP contribution in [0.3, 0.4) is 0 Å². The number of nitrogens with two attached hydrogens (primary N) is 1. The van der Waals surface area contributed by atoms with Gasteiger partial charge in [0.05, 0.1) is 5.75 Å². The van der Waals surface area contributed by atoms with E-state index in [0.717, 1.165) is 11.3 Å². The first-order chi connectivity index (χ1) is 8.25. The fourth-order valence-corrected chi connectivity index (χ4v) is 6.14. The van der Waals surface area contributed by atoms with E-state index in [-0.39, 0.29) is 32.6 Å². The molecule has 0 saturated heterocycles. The molecule has 1 unspecified atom stereocenters. The fourth-order valence-electron chi connectivity index (χ4n) is 1.97. The van der Waals surface area contributed by atoms with Crippen LogP contribution in [0.15, 0.2) is 14.5 Å². The first-order valence-electron chi connectivity index (χ1n) is 5.38. The van der Waals surface area contributed by atoms with E-state index in [1.807, 2.05) is 6.92 Å². The zero-order chi connectivity index (χ0) is 13.6. The number of halogens is 1. The first-order valence-corrected chi connectivity index (χ1v) is 9.40. The molecule has 19 heavy (non-hydrogen) atoms. The van der Waals surface area contributed by atoms with Crippen LogP contribution in [0.2, 0.25) is 0 Å². The highest BCUT2D eigenvalue weighted by atomic mass is 35.5. The summed E-state index contributed by atoms with van der Waals surface area (Å²) in [6.07, 6.45) is 0.448. The van der Waals surface area contributed by atoms with Crippen molar-refractivity contribution >= 4 is 43.6 Å². The predicted octanol–water partition coefficient (Wildman–Crippen LogP) is 0.645. The molecule has 0 aliphatic carbocycles. The standard InChI is InChI=1S/C9H14N2O4S3.ClH/c1-2-11-7-3-4-17(12,13)9-6(7)5-8(16-9)18(10,14)15;/h5,7,11H,2-4H2,1H3,(H2,10,14,15);1H. The van der Waals surface area contributed by atoms with Gasteiger partial charge in [0, 0.05) is 11.6 Å². The second-order valence-corrected chi connectivity index (χ2v) is 9.22. The summed E-state index contributed by atoms with van der Waals surface area (Å²) in [7, 11) is -7.23. The summed E-state index contributed by atoms with van der Waals surface area (Å²) < 4.78 is 46.5. The number of hydrogen-bond acceptors (Lipinski definition) is 6. The Morgan fingerprint density at radius 1 is 1.53 bits per heavy atom. The smallest absolute Gasteiger partial charge is 0.247 e. The van der Waals surface area contributed by atoms with Crippen molar-refractivity contribution in [1.29, 1.82) is 0 Å². The summed E-state index contributed by atoms with van der Waals surface area (Å²) in [5, 5.41) is 8.19. The van der Waals surface area contributed by atoms with Gasteiger partial charge in [0.25, 0.3) is 0 Å². The Kier molecular flexibility index (Phi) is 5.03. The zero-order valence-electron chi connectivity index (χ0n) is 10.1. The van der Waals surface area contributed by atoms with E-state index in [0.29, 0.717) is 18.5 Å². The summed E-state index contributed by atoms with van der Waals surface area (Å²) >= 11 is 0.738. The van der Waals surface area contributed by atoms with Gasteiger partial charge < -0.3 is 5.32 Å². The molecular weight excluding hydrogens is 332 g/mol. The summed E-state index contributed by atoms with van der Waals surface area (Å²) in [4.78, 5) is 0. The summed E-state index contributed by atoms with van der Waals surface area (Å²) in [6, 6.07) is 1.25. The van der Waals surface area contributed by atoms with E-state index in [1.165, 1.54) is 6.07 Å². The number of sulfone groups is 1. The quantitative estimate of drug-likeness (QED) is 0.835. The molecule has 110 valence electrons.